The molecule has 8 nitrogen and oxygen atoms in total. The van der Waals surface area contributed by atoms with Crippen LogP contribution in [0.25, 0.3) is 11.0 Å². The van der Waals surface area contributed by atoms with Crippen molar-refractivity contribution in [1.29, 1.82) is 0 Å². The van der Waals surface area contributed by atoms with Crippen LogP contribution in [0.5, 0.6) is 0 Å². The van der Waals surface area contributed by atoms with Crippen LogP contribution >= 0.6 is 0 Å². The number of piperidine rings is 1. The van der Waals surface area contributed by atoms with Crippen molar-refractivity contribution in [2.45, 2.75) is 45.2 Å². The molecule has 1 aliphatic heterocycles. The van der Waals surface area contributed by atoms with Gasteiger partial charge in [0.05, 0.1) is 17.6 Å². The van der Waals surface area contributed by atoms with E-state index >= 15 is 0 Å². The molecule has 2 aromatic carbocycles. The van der Waals surface area contributed by atoms with Crippen LogP contribution in [0.3, 0.4) is 0 Å². The lowest BCUT2D eigenvalue weighted by molar-refractivity contribution is -0.151. The van der Waals surface area contributed by atoms with E-state index in [1.54, 1.807) is 35.9 Å². The first-order valence-corrected chi connectivity index (χ1v) is 10.3. The Balaban J connectivity index is 1.71. The number of imidazole rings is 1. The van der Waals surface area contributed by atoms with Gasteiger partial charge in [-0.05, 0) is 52.9 Å². The van der Waals surface area contributed by atoms with Crippen LogP contribution in [-0.4, -0.2) is 25.8 Å². The van der Waals surface area contributed by atoms with Crippen molar-refractivity contribution in [2.24, 2.45) is 12.2 Å². The second-order valence-electron chi connectivity index (χ2n) is 8.24. The molecule has 1 fully saturated rings. The summed E-state index contributed by atoms with van der Waals surface area (Å²) >= 11 is 0. The SMILES string of the molecule is CC(C)c1ccc2c(c1)n(C)c(=O)n2C1CCC(=O)N(Cc2ccc(N=O)cc2)C1=O. The average Bonchev–Trinajstić information content (AvgIpc) is 3.01. The summed E-state index contributed by atoms with van der Waals surface area (Å²) < 4.78 is 3.07. The Morgan fingerprint density at radius 1 is 1.03 bits per heavy atom. The lowest BCUT2D eigenvalue weighted by Crippen LogP contribution is -2.47. The topological polar surface area (TPSA) is 93.7 Å². The first-order valence-electron chi connectivity index (χ1n) is 10.3. The number of hydrogen-bond acceptors (Lipinski definition) is 5. The number of hydrogen-bond donors (Lipinski definition) is 0. The Labute approximate surface area is 179 Å². The zero-order valence-corrected chi connectivity index (χ0v) is 17.7. The fraction of sp³-hybridized carbons (Fsp3) is 0.348. The summed E-state index contributed by atoms with van der Waals surface area (Å²) in [5, 5.41) is 2.86. The van der Waals surface area contributed by atoms with E-state index in [2.05, 4.69) is 19.0 Å². The van der Waals surface area contributed by atoms with Crippen molar-refractivity contribution in [3.05, 3.63) is 69.0 Å². The predicted octanol–water partition coefficient (Wildman–Crippen LogP) is 3.75. The molecule has 0 radical (unpaired) electrons. The maximum atomic E-state index is 13.3. The number of rotatable bonds is 5. The quantitative estimate of drug-likeness (QED) is 0.464. The van der Waals surface area contributed by atoms with Gasteiger partial charge >= 0.3 is 5.69 Å². The van der Waals surface area contributed by atoms with E-state index in [0.29, 0.717) is 17.0 Å². The minimum Gasteiger partial charge on any atom is -0.295 e. The summed E-state index contributed by atoms with van der Waals surface area (Å²) in [6, 6.07) is 11.5. The van der Waals surface area contributed by atoms with Gasteiger partial charge in [0, 0.05) is 13.5 Å². The van der Waals surface area contributed by atoms with E-state index in [9.17, 15) is 19.3 Å². The maximum absolute atomic E-state index is 13.3. The minimum atomic E-state index is -0.741. The number of likely N-dealkylation sites (tertiary alicyclic amines) is 1. The van der Waals surface area contributed by atoms with Gasteiger partial charge in [-0.25, -0.2) is 4.79 Å². The third kappa shape index (κ3) is 3.58. The molecule has 0 aliphatic carbocycles. The van der Waals surface area contributed by atoms with Crippen molar-refractivity contribution in [1.82, 2.24) is 14.0 Å². The highest BCUT2D eigenvalue weighted by Crippen LogP contribution is 2.29. The molecule has 160 valence electrons. The molecule has 31 heavy (non-hydrogen) atoms. The van der Waals surface area contributed by atoms with Gasteiger partial charge in [-0.2, -0.15) is 0 Å². The van der Waals surface area contributed by atoms with E-state index in [0.717, 1.165) is 11.1 Å². The second-order valence-corrected chi connectivity index (χ2v) is 8.24. The number of fused-ring (bicyclic) bond motifs is 1. The van der Waals surface area contributed by atoms with Crippen LogP contribution in [0.2, 0.25) is 0 Å². The lowest BCUT2D eigenvalue weighted by Gasteiger charge is -2.31. The zero-order valence-electron chi connectivity index (χ0n) is 17.7. The van der Waals surface area contributed by atoms with E-state index < -0.39 is 11.9 Å². The Bertz CT molecular complexity index is 1240. The molecule has 3 aromatic rings. The van der Waals surface area contributed by atoms with Gasteiger partial charge in [0.25, 0.3) is 5.91 Å². The summed E-state index contributed by atoms with van der Waals surface area (Å²) in [6.07, 6.45) is 0.463. The zero-order chi connectivity index (χ0) is 22.3. The van der Waals surface area contributed by atoms with Crippen molar-refractivity contribution in [3.8, 4) is 0 Å². The third-order valence-electron chi connectivity index (χ3n) is 5.96. The first-order chi connectivity index (χ1) is 14.8. The molecule has 1 aliphatic rings. The van der Waals surface area contributed by atoms with Crippen LogP contribution in [0, 0.1) is 4.91 Å². The molecule has 2 heterocycles. The van der Waals surface area contributed by atoms with Crippen LogP contribution in [0.1, 0.15) is 49.8 Å². The van der Waals surface area contributed by atoms with Gasteiger partial charge in [-0.3, -0.25) is 23.6 Å². The molecule has 2 amide bonds. The van der Waals surface area contributed by atoms with Gasteiger partial charge < -0.3 is 0 Å². The molecule has 0 N–H and O–H groups in total. The number of benzene rings is 2. The number of carbonyl (C=O) groups excluding carboxylic acids is 2. The van der Waals surface area contributed by atoms with Crippen LogP contribution in [-0.2, 0) is 23.2 Å². The van der Waals surface area contributed by atoms with Gasteiger partial charge in [-0.1, -0.05) is 32.0 Å². The van der Waals surface area contributed by atoms with Gasteiger partial charge in [0.15, 0.2) is 0 Å². The van der Waals surface area contributed by atoms with Gasteiger partial charge in [-0.15, -0.1) is 4.91 Å². The maximum Gasteiger partial charge on any atom is 0.329 e. The monoisotopic (exact) mass is 420 g/mol. The lowest BCUT2D eigenvalue weighted by atomic mass is 10.0. The average molecular weight is 420 g/mol. The number of nitrogens with zero attached hydrogens (tertiary/aromatic N) is 4. The van der Waals surface area contributed by atoms with E-state index in [-0.39, 0.29) is 36.7 Å². The second kappa shape index (κ2) is 7.94. The van der Waals surface area contributed by atoms with Gasteiger partial charge in [0.1, 0.15) is 11.7 Å². The standard InChI is InChI=1S/C23H24N4O4/c1-14(2)16-6-9-18-20(12-16)25(3)23(30)27(18)19-10-11-21(28)26(22(19)29)13-15-4-7-17(24-31)8-5-15/h4-9,12,14,19H,10-11,13H2,1-3H3. The molecular weight excluding hydrogens is 396 g/mol. The van der Waals surface area contributed by atoms with Crippen LogP contribution < -0.4 is 5.69 Å². The first kappa shape index (κ1) is 20.7. The summed E-state index contributed by atoms with van der Waals surface area (Å²) in [5.74, 6) is -0.348. The highest BCUT2D eigenvalue weighted by Gasteiger charge is 2.37. The normalized spacial score (nSPS) is 17.0. The molecular formula is C23H24N4O4. The molecule has 1 atom stereocenters. The molecule has 1 aromatic heterocycles. The Kier molecular flexibility index (Phi) is 5.31. The molecule has 0 bridgehead atoms. The molecule has 1 saturated heterocycles. The van der Waals surface area contributed by atoms with E-state index in [1.807, 2.05) is 18.2 Å². The number of nitroso groups, excluding NO2 is 1. The van der Waals surface area contributed by atoms with Crippen molar-refractivity contribution < 1.29 is 9.59 Å². The summed E-state index contributed by atoms with van der Waals surface area (Å²) in [4.78, 5) is 50.7. The largest absolute Gasteiger partial charge is 0.329 e. The van der Waals surface area contributed by atoms with Crippen LogP contribution in [0.4, 0.5) is 5.69 Å². The van der Waals surface area contributed by atoms with Crippen LogP contribution in [0.15, 0.2) is 52.4 Å². The summed E-state index contributed by atoms with van der Waals surface area (Å²) in [6.45, 7) is 4.26. The highest BCUT2D eigenvalue weighted by molar-refractivity contribution is 6.00. The Hall–Kier alpha value is -3.55. The van der Waals surface area contributed by atoms with Crippen molar-refractivity contribution in [3.63, 3.8) is 0 Å². The molecule has 0 spiro atoms. The van der Waals surface area contributed by atoms with Gasteiger partial charge in [0.2, 0.25) is 5.91 Å². The number of aromatic nitrogens is 2. The Morgan fingerprint density at radius 2 is 1.74 bits per heavy atom. The molecule has 0 saturated carbocycles. The van der Waals surface area contributed by atoms with Crippen molar-refractivity contribution >= 4 is 28.5 Å². The fourth-order valence-corrected chi connectivity index (χ4v) is 4.11. The summed E-state index contributed by atoms with van der Waals surface area (Å²) in [5.41, 5.74) is 3.28. The molecule has 1 unspecified atom stereocenters. The smallest absolute Gasteiger partial charge is 0.295 e. The van der Waals surface area contributed by atoms with E-state index in [4.69, 9.17) is 0 Å². The molecule has 4 rings (SSSR count). The fourth-order valence-electron chi connectivity index (χ4n) is 4.11. The third-order valence-corrected chi connectivity index (χ3v) is 5.96. The number of imide groups is 1. The predicted molar refractivity (Wildman–Crippen MR) is 117 cm³/mol. The Morgan fingerprint density at radius 3 is 2.39 bits per heavy atom. The number of carbonyl (C=O) groups is 2. The summed E-state index contributed by atoms with van der Waals surface area (Å²) in [7, 11) is 1.70. The highest BCUT2D eigenvalue weighted by atomic mass is 16.3. The number of aryl methyl sites for hydroxylation is 1. The van der Waals surface area contributed by atoms with E-state index in [1.165, 1.54) is 9.47 Å². The minimum absolute atomic E-state index is 0.0876. The van der Waals surface area contributed by atoms with Crippen molar-refractivity contribution in [2.75, 3.05) is 0 Å². The molecule has 8 heteroatoms. The number of amides is 2.